The minimum Gasteiger partial charge on any atom is -0.394 e. The summed E-state index contributed by atoms with van der Waals surface area (Å²) in [6, 6.07) is 0. The summed E-state index contributed by atoms with van der Waals surface area (Å²) < 4.78 is 0. The lowest BCUT2D eigenvalue weighted by atomic mass is 9.47. The average Bonchev–Trinajstić information content (AvgIpc) is 3.34. The van der Waals surface area contributed by atoms with Crippen molar-refractivity contribution >= 4 is 5.71 Å². The van der Waals surface area contributed by atoms with E-state index < -0.39 is 0 Å². The second-order valence-corrected chi connectivity index (χ2v) is 11.3. The van der Waals surface area contributed by atoms with Gasteiger partial charge in [0.1, 0.15) is 6.61 Å². The van der Waals surface area contributed by atoms with Gasteiger partial charge in [0.05, 0.1) is 17.9 Å². The number of oxime groups is 1. The molecule has 0 aromatic carbocycles. The van der Waals surface area contributed by atoms with Gasteiger partial charge in [0.2, 0.25) is 0 Å². The average molecular weight is 417 g/mol. The number of likely N-dealkylation sites (tertiary alicyclic amines) is 1. The van der Waals surface area contributed by atoms with Gasteiger partial charge in [-0.3, -0.25) is 4.90 Å². The summed E-state index contributed by atoms with van der Waals surface area (Å²) in [6.45, 7) is 8.71. The molecule has 7 atom stereocenters. The number of aliphatic hydroxyl groups is 2. The Bertz CT molecular complexity index is 715. The van der Waals surface area contributed by atoms with E-state index in [-0.39, 0.29) is 23.0 Å². The van der Waals surface area contributed by atoms with Gasteiger partial charge >= 0.3 is 0 Å². The van der Waals surface area contributed by atoms with E-state index in [0.29, 0.717) is 24.4 Å². The van der Waals surface area contributed by atoms with Crippen molar-refractivity contribution < 1.29 is 15.1 Å². The molecule has 1 heterocycles. The topological polar surface area (TPSA) is 65.3 Å². The van der Waals surface area contributed by atoms with Crippen LogP contribution in [0.25, 0.3) is 0 Å². The Morgan fingerprint density at radius 3 is 2.67 bits per heavy atom. The third-order valence-electron chi connectivity index (χ3n) is 9.76. The van der Waals surface area contributed by atoms with Crippen LogP contribution in [-0.4, -0.2) is 59.3 Å². The molecule has 0 radical (unpaired) electrons. The highest BCUT2D eigenvalue weighted by atomic mass is 16.6. The first kappa shape index (κ1) is 21.0. The molecule has 0 aromatic rings. The van der Waals surface area contributed by atoms with Gasteiger partial charge in [0, 0.05) is 12.5 Å². The molecule has 0 spiro atoms. The molecule has 30 heavy (non-hydrogen) atoms. The van der Waals surface area contributed by atoms with Gasteiger partial charge in [-0.15, -0.1) is 0 Å². The van der Waals surface area contributed by atoms with E-state index >= 15 is 0 Å². The molecular formula is C25H40N2O3. The highest BCUT2D eigenvalue weighted by Crippen LogP contribution is 2.64. The molecule has 4 fully saturated rings. The number of aliphatic hydroxyl groups excluding tert-OH is 2. The van der Waals surface area contributed by atoms with Gasteiger partial charge in [-0.1, -0.05) is 24.6 Å². The lowest BCUT2D eigenvalue weighted by molar-refractivity contribution is -0.0495. The summed E-state index contributed by atoms with van der Waals surface area (Å²) >= 11 is 0. The van der Waals surface area contributed by atoms with E-state index in [1.165, 1.54) is 31.5 Å². The van der Waals surface area contributed by atoms with Gasteiger partial charge in [-0.2, -0.15) is 0 Å². The SMILES string of the molecule is C[C@]12CC[C@H]3[C@@H](/C(=N\OCCN4CCCC4)C=C4C[C@@H](O)CC[C@@]43C)[C@@H]1CC[C@@H]2O. The van der Waals surface area contributed by atoms with E-state index in [0.717, 1.165) is 57.2 Å². The van der Waals surface area contributed by atoms with Crippen LogP contribution in [0.4, 0.5) is 0 Å². The van der Waals surface area contributed by atoms with Crippen molar-refractivity contribution in [2.24, 2.45) is 33.7 Å². The molecule has 0 aromatic heterocycles. The number of nitrogens with zero attached hydrogens (tertiary/aromatic N) is 2. The maximum atomic E-state index is 10.8. The predicted molar refractivity (Wildman–Crippen MR) is 118 cm³/mol. The third kappa shape index (κ3) is 3.36. The van der Waals surface area contributed by atoms with Gasteiger partial charge in [0.15, 0.2) is 0 Å². The molecule has 2 N–H and O–H groups in total. The van der Waals surface area contributed by atoms with Crippen LogP contribution in [0.1, 0.15) is 71.6 Å². The molecule has 4 aliphatic carbocycles. The van der Waals surface area contributed by atoms with E-state index in [4.69, 9.17) is 9.99 Å². The van der Waals surface area contributed by atoms with Gasteiger partial charge in [-0.05, 0) is 99.6 Å². The Morgan fingerprint density at radius 2 is 1.87 bits per heavy atom. The Hall–Kier alpha value is -0.910. The fourth-order valence-corrected chi connectivity index (χ4v) is 7.76. The van der Waals surface area contributed by atoms with Crippen LogP contribution >= 0.6 is 0 Å². The normalized spacial score (nSPS) is 47.5. The van der Waals surface area contributed by atoms with Crippen molar-refractivity contribution in [2.75, 3.05) is 26.2 Å². The maximum absolute atomic E-state index is 10.8. The third-order valence-corrected chi connectivity index (χ3v) is 9.76. The molecule has 5 aliphatic rings. The quantitative estimate of drug-likeness (QED) is 0.541. The largest absolute Gasteiger partial charge is 0.394 e. The van der Waals surface area contributed by atoms with Crippen LogP contribution in [0.2, 0.25) is 0 Å². The van der Waals surface area contributed by atoms with Crippen LogP contribution in [0.3, 0.4) is 0 Å². The summed E-state index contributed by atoms with van der Waals surface area (Å²) in [5.41, 5.74) is 2.64. The number of rotatable bonds is 4. The van der Waals surface area contributed by atoms with Crippen molar-refractivity contribution in [3.05, 3.63) is 11.6 Å². The second kappa shape index (κ2) is 7.90. The highest BCUT2D eigenvalue weighted by molar-refractivity contribution is 5.99. The first-order valence-corrected chi connectivity index (χ1v) is 12.4. The molecule has 0 bridgehead atoms. The van der Waals surface area contributed by atoms with Gasteiger partial charge < -0.3 is 15.1 Å². The van der Waals surface area contributed by atoms with Crippen LogP contribution in [0, 0.1) is 28.6 Å². The first-order chi connectivity index (χ1) is 14.4. The number of hydrogen-bond donors (Lipinski definition) is 2. The highest BCUT2D eigenvalue weighted by Gasteiger charge is 2.60. The van der Waals surface area contributed by atoms with E-state index in [9.17, 15) is 10.2 Å². The summed E-state index contributed by atoms with van der Waals surface area (Å²) in [5.74, 6) is 1.40. The lowest BCUT2D eigenvalue weighted by Gasteiger charge is -2.57. The Morgan fingerprint density at radius 1 is 1.07 bits per heavy atom. The fourth-order valence-electron chi connectivity index (χ4n) is 7.76. The summed E-state index contributed by atoms with van der Waals surface area (Å²) in [5, 5.41) is 25.9. The van der Waals surface area contributed by atoms with Crippen LogP contribution in [0.5, 0.6) is 0 Å². The first-order valence-electron chi connectivity index (χ1n) is 12.4. The van der Waals surface area contributed by atoms with E-state index in [1.54, 1.807) is 0 Å². The Kier molecular flexibility index (Phi) is 5.52. The van der Waals surface area contributed by atoms with Crippen LogP contribution in [-0.2, 0) is 4.84 Å². The zero-order chi connectivity index (χ0) is 20.9. The summed E-state index contributed by atoms with van der Waals surface area (Å²) in [4.78, 5) is 8.37. The van der Waals surface area contributed by atoms with E-state index in [2.05, 4.69) is 24.8 Å². The molecule has 5 rings (SSSR count). The summed E-state index contributed by atoms with van der Waals surface area (Å²) in [7, 11) is 0. The standard InChI is InChI=1S/C25H40N2O3/c1-24-9-7-18(28)15-17(24)16-21(26-30-14-13-27-11-3-4-12-27)23-19-5-6-22(29)25(19,2)10-8-20(23)24/h16,18-20,22-23,28-29H,3-15H2,1-2H3/b26-21-/t18-,19-,20-,22-,23-,24-,25-/m0/s1. The van der Waals surface area contributed by atoms with Crippen LogP contribution < -0.4 is 0 Å². The number of hydrogen-bond acceptors (Lipinski definition) is 5. The number of allylic oxidation sites excluding steroid dienone is 1. The summed E-state index contributed by atoms with van der Waals surface area (Å²) in [6.07, 6.45) is 11.5. The maximum Gasteiger partial charge on any atom is 0.129 e. The van der Waals surface area contributed by atoms with E-state index in [1.807, 2.05) is 0 Å². The molecule has 0 amide bonds. The zero-order valence-corrected chi connectivity index (χ0v) is 18.9. The van der Waals surface area contributed by atoms with Crippen LogP contribution in [0.15, 0.2) is 16.8 Å². The minimum atomic E-state index is -0.222. The Labute approximate surface area is 181 Å². The molecule has 1 saturated heterocycles. The van der Waals surface area contributed by atoms with Gasteiger partial charge in [0.25, 0.3) is 0 Å². The second-order valence-electron chi connectivity index (χ2n) is 11.3. The molecule has 5 nitrogen and oxygen atoms in total. The number of fused-ring (bicyclic) bond motifs is 5. The molecule has 168 valence electrons. The zero-order valence-electron chi connectivity index (χ0n) is 18.9. The smallest absolute Gasteiger partial charge is 0.129 e. The molecule has 0 unspecified atom stereocenters. The molecular weight excluding hydrogens is 376 g/mol. The fraction of sp³-hybridized carbons (Fsp3) is 0.880. The lowest BCUT2D eigenvalue weighted by Crippen LogP contribution is -2.54. The van der Waals surface area contributed by atoms with Crippen molar-refractivity contribution in [3.8, 4) is 0 Å². The molecule has 3 saturated carbocycles. The predicted octanol–water partition coefficient (Wildman–Crippen LogP) is 3.75. The monoisotopic (exact) mass is 416 g/mol. The molecule has 5 heteroatoms. The van der Waals surface area contributed by atoms with Crippen molar-refractivity contribution in [1.82, 2.24) is 4.90 Å². The minimum absolute atomic E-state index is 0.00731. The molecule has 1 aliphatic heterocycles. The van der Waals surface area contributed by atoms with Crippen molar-refractivity contribution in [1.29, 1.82) is 0 Å². The van der Waals surface area contributed by atoms with Crippen molar-refractivity contribution in [2.45, 2.75) is 83.8 Å². The Balaban J connectivity index is 1.43. The van der Waals surface area contributed by atoms with Crippen molar-refractivity contribution in [3.63, 3.8) is 0 Å². The van der Waals surface area contributed by atoms with Gasteiger partial charge in [-0.25, -0.2) is 0 Å².